The van der Waals surface area contributed by atoms with Crippen LogP contribution < -0.4 is 0 Å². The van der Waals surface area contributed by atoms with E-state index in [1.807, 2.05) is 0 Å². The summed E-state index contributed by atoms with van der Waals surface area (Å²) in [5.74, 6) is -4.33. The third kappa shape index (κ3) is 1.31. The summed E-state index contributed by atoms with van der Waals surface area (Å²) < 4.78 is 24.8. The number of alkyl halides is 6. The molecule has 8 heteroatoms. The topological polar surface area (TPSA) is 0 Å². The molecule has 0 radical (unpaired) electrons. The molecule has 0 aromatic carbocycles. The first kappa shape index (κ1) is 14.3. The Morgan fingerprint density at radius 1 is 0.889 bits per heavy atom. The quantitative estimate of drug-likeness (QED) is 0.530. The zero-order chi connectivity index (χ0) is 13.7. The van der Waals surface area contributed by atoms with E-state index in [4.69, 9.17) is 69.6 Å². The van der Waals surface area contributed by atoms with E-state index in [0.29, 0.717) is 0 Å². The van der Waals surface area contributed by atoms with Crippen molar-refractivity contribution >= 4 is 69.6 Å². The zero-order valence-corrected chi connectivity index (χ0v) is 13.1. The highest BCUT2D eigenvalue weighted by Crippen LogP contribution is 2.78. The van der Waals surface area contributed by atoms with Crippen molar-refractivity contribution in [3.8, 4) is 0 Å². The van der Waals surface area contributed by atoms with Crippen LogP contribution in [0, 0.1) is 11.8 Å². The van der Waals surface area contributed by atoms with Crippen molar-refractivity contribution in [2.75, 3.05) is 0 Å². The number of halogens is 8. The van der Waals surface area contributed by atoms with E-state index in [1.54, 1.807) is 0 Å². The first-order valence-electron chi connectivity index (χ1n) is 5.20. The maximum atomic E-state index is 13.3. The minimum atomic E-state index is -2.75. The van der Waals surface area contributed by atoms with Crippen molar-refractivity contribution in [2.24, 2.45) is 11.8 Å². The van der Waals surface area contributed by atoms with Gasteiger partial charge < -0.3 is 0 Å². The van der Waals surface area contributed by atoms with Crippen LogP contribution in [0.15, 0.2) is 10.1 Å². The summed E-state index contributed by atoms with van der Waals surface area (Å²) in [6, 6.07) is 0. The first-order valence-corrected chi connectivity index (χ1v) is 7.46. The molecule has 0 nitrogen and oxygen atoms in total. The lowest BCUT2D eigenvalue weighted by Gasteiger charge is -2.33. The maximum Gasteiger partial charge on any atom is 0.252 e. The number of rotatable bonds is 1. The van der Waals surface area contributed by atoms with E-state index in [-0.39, 0.29) is 22.9 Å². The fourth-order valence-corrected chi connectivity index (χ4v) is 5.90. The Hall–Kier alpha value is 1.34. The molecular formula is C10H6Cl6F2. The molecule has 2 bridgehead atoms. The molecular weight excluding hydrogens is 371 g/mol. The van der Waals surface area contributed by atoms with Crippen molar-refractivity contribution in [1.82, 2.24) is 0 Å². The van der Waals surface area contributed by atoms with E-state index >= 15 is 0 Å². The third-order valence-electron chi connectivity index (χ3n) is 4.19. The molecule has 2 saturated carbocycles. The smallest absolute Gasteiger partial charge is 0.207 e. The molecule has 0 spiro atoms. The average Bonchev–Trinajstić information content (AvgIpc) is 2.82. The lowest BCUT2D eigenvalue weighted by atomic mass is 9.87. The van der Waals surface area contributed by atoms with E-state index < -0.39 is 31.8 Å². The van der Waals surface area contributed by atoms with Crippen molar-refractivity contribution in [3.63, 3.8) is 0 Å². The van der Waals surface area contributed by atoms with Gasteiger partial charge >= 0.3 is 0 Å². The minimum absolute atomic E-state index is 0.00946. The Morgan fingerprint density at radius 2 is 1.39 bits per heavy atom. The molecule has 0 aromatic heterocycles. The van der Waals surface area contributed by atoms with Gasteiger partial charge in [0.15, 0.2) is 4.33 Å². The van der Waals surface area contributed by atoms with Crippen LogP contribution in [0.2, 0.25) is 0 Å². The third-order valence-corrected chi connectivity index (χ3v) is 8.48. The Bertz CT molecular complexity index is 475. The van der Waals surface area contributed by atoms with E-state index in [2.05, 4.69) is 0 Å². The fraction of sp³-hybridized carbons (Fsp3) is 0.800. The molecule has 3 aliphatic carbocycles. The van der Waals surface area contributed by atoms with Crippen molar-refractivity contribution in [3.05, 3.63) is 10.1 Å². The molecule has 2 fully saturated rings. The summed E-state index contributed by atoms with van der Waals surface area (Å²) in [7, 11) is 0. The summed E-state index contributed by atoms with van der Waals surface area (Å²) >= 11 is 37.2. The van der Waals surface area contributed by atoms with Crippen LogP contribution in [0.25, 0.3) is 0 Å². The molecule has 3 rings (SSSR count). The molecule has 0 aromatic rings. The SMILES string of the molecule is FC1(F)C[C@H]1[C@@H]1C[C@@]2(Cl)C(Cl)=C(Cl)[C@@]1(Cl)C2(Cl)Cl. The van der Waals surface area contributed by atoms with Gasteiger partial charge in [-0.25, -0.2) is 8.78 Å². The molecule has 0 heterocycles. The van der Waals surface area contributed by atoms with E-state index in [0.717, 1.165) is 0 Å². The average molecular weight is 377 g/mol. The molecule has 102 valence electrons. The largest absolute Gasteiger partial charge is 0.252 e. The van der Waals surface area contributed by atoms with E-state index in [9.17, 15) is 8.78 Å². The first-order chi connectivity index (χ1) is 8.00. The van der Waals surface area contributed by atoms with Gasteiger partial charge in [-0.3, -0.25) is 0 Å². The molecule has 0 saturated heterocycles. The van der Waals surface area contributed by atoms with Crippen molar-refractivity contribution in [2.45, 2.75) is 32.8 Å². The number of allylic oxidation sites excluding steroid dienone is 2. The summed E-state index contributed by atoms with van der Waals surface area (Å²) in [5, 5.41) is 0.0517. The number of hydrogen-bond donors (Lipinski definition) is 0. The Labute approximate surface area is 132 Å². The van der Waals surface area contributed by atoms with Crippen molar-refractivity contribution < 1.29 is 8.78 Å². The highest BCUT2D eigenvalue weighted by atomic mass is 35.5. The maximum absolute atomic E-state index is 13.3. The fourth-order valence-electron chi connectivity index (χ4n) is 3.05. The van der Waals surface area contributed by atoms with Crippen LogP contribution >= 0.6 is 69.6 Å². The number of hydrogen-bond acceptors (Lipinski definition) is 0. The van der Waals surface area contributed by atoms with Gasteiger partial charge in [0.25, 0.3) is 5.92 Å². The second kappa shape index (κ2) is 3.56. The molecule has 0 N–H and O–H groups in total. The summed E-state index contributed by atoms with van der Waals surface area (Å²) in [6.07, 6.45) is -0.148. The van der Waals surface area contributed by atoms with Gasteiger partial charge in [-0.2, -0.15) is 0 Å². The van der Waals surface area contributed by atoms with Gasteiger partial charge in [-0.05, 0) is 12.3 Å². The molecule has 3 aliphatic rings. The molecule has 4 atom stereocenters. The van der Waals surface area contributed by atoms with Crippen molar-refractivity contribution in [1.29, 1.82) is 0 Å². The Balaban J connectivity index is 2.11. The Kier molecular flexibility index (Phi) is 2.83. The normalized spacial score (nSPS) is 52.0. The van der Waals surface area contributed by atoms with Gasteiger partial charge in [-0.1, -0.05) is 46.4 Å². The summed E-state index contributed by atoms with van der Waals surface area (Å²) in [6.45, 7) is 0. The van der Waals surface area contributed by atoms with Gasteiger partial charge in [0.1, 0.15) is 9.75 Å². The molecule has 0 amide bonds. The monoisotopic (exact) mass is 374 g/mol. The highest BCUT2D eigenvalue weighted by molar-refractivity contribution is 6.65. The predicted molar refractivity (Wildman–Crippen MR) is 71.5 cm³/mol. The van der Waals surface area contributed by atoms with E-state index in [1.165, 1.54) is 0 Å². The standard InChI is InChI=1S/C10H6Cl6F2/c11-5-6(12)9(14)4(3-2-8(3,17)18)1-7(5,13)10(9,15)16/h3-4H,1-2H2/t3-,4-,7+,9+/m0/s1. The van der Waals surface area contributed by atoms with Crippen LogP contribution in [0.3, 0.4) is 0 Å². The lowest BCUT2D eigenvalue weighted by molar-refractivity contribution is 0.0820. The van der Waals surface area contributed by atoms with Crippen LogP contribution in [0.4, 0.5) is 8.78 Å². The second-order valence-corrected chi connectivity index (χ2v) is 8.42. The Morgan fingerprint density at radius 3 is 1.72 bits per heavy atom. The van der Waals surface area contributed by atoms with Crippen LogP contribution in [0.1, 0.15) is 12.8 Å². The van der Waals surface area contributed by atoms with Crippen LogP contribution in [-0.4, -0.2) is 20.0 Å². The number of fused-ring (bicyclic) bond motifs is 2. The summed E-state index contributed by atoms with van der Waals surface area (Å²) in [4.78, 5) is -2.93. The molecule has 0 aliphatic heterocycles. The van der Waals surface area contributed by atoms with Gasteiger partial charge in [0.05, 0.1) is 10.1 Å². The molecule has 18 heavy (non-hydrogen) atoms. The van der Waals surface area contributed by atoms with Gasteiger partial charge in [0.2, 0.25) is 0 Å². The predicted octanol–water partition coefficient (Wildman–Crippen LogP) is 5.49. The van der Waals surface area contributed by atoms with Crippen LogP contribution in [0.5, 0.6) is 0 Å². The zero-order valence-electron chi connectivity index (χ0n) is 8.59. The van der Waals surface area contributed by atoms with Gasteiger partial charge in [0, 0.05) is 12.3 Å². The second-order valence-electron chi connectivity index (χ2n) is 5.10. The molecule has 0 unspecified atom stereocenters. The van der Waals surface area contributed by atoms with Gasteiger partial charge in [-0.15, -0.1) is 23.2 Å². The minimum Gasteiger partial charge on any atom is -0.207 e. The summed E-state index contributed by atoms with van der Waals surface area (Å²) in [5.41, 5.74) is 0. The van der Waals surface area contributed by atoms with Crippen LogP contribution in [-0.2, 0) is 0 Å². The highest BCUT2D eigenvalue weighted by Gasteiger charge is 2.82. The lowest BCUT2D eigenvalue weighted by Crippen LogP contribution is -2.44.